The summed E-state index contributed by atoms with van der Waals surface area (Å²) in [5.41, 5.74) is -0.453. The molecule has 1 heterocycles. The fraction of sp³-hybridized carbons (Fsp3) is 0.938. The van der Waals surface area contributed by atoms with E-state index in [9.17, 15) is 4.79 Å². The molecule has 1 aliphatic heterocycles. The molecule has 4 unspecified atom stereocenters. The third-order valence-electron chi connectivity index (χ3n) is 4.13. The van der Waals surface area contributed by atoms with Crippen molar-refractivity contribution in [2.24, 2.45) is 0 Å². The van der Waals surface area contributed by atoms with Gasteiger partial charge >= 0.3 is 6.09 Å². The molecule has 4 atom stereocenters. The number of amides is 1. The van der Waals surface area contributed by atoms with Crippen LogP contribution in [0.2, 0.25) is 0 Å². The molecule has 0 aromatic rings. The highest BCUT2D eigenvalue weighted by molar-refractivity contribution is 14.1. The number of alkyl halides is 1. The van der Waals surface area contributed by atoms with Gasteiger partial charge in [-0.2, -0.15) is 0 Å². The van der Waals surface area contributed by atoms with Crippen LogP contribution < -0.4 is 0 Å². The molecule has 5 nitrogen and oxygen atoms in total. The summed E-state index contributed by atoms with van der Waals surface area (Å²) in [6.45, 7) is 6.99. The summed E-state index contributed by atoms with van der Waals surface area (Å²) in [7, 11) is 1.77. The third kappa shape index (κ3) is 5.23. The Hall–Kier alpha value is -0.0800. The number of nitrogens with zero attached hydrogens (tertiary/aromatic N) is 1. The first-order chi connectivity index (χ1) is 10.3. The molecule has 0 bridgehead atoms. The van der Waals surface area contributed by atoms with Crippen molar-refractivity contribution in [1.29, 1.82) is 0 Å². The van der Waals surface area contributed by atoms with E-state index in [1.807, 2.05) is 20.8 Å². The zero-order valence-corrected chi connectivity index (χ0v) is 16.2. The zero-order valence-electron chi connectivity index (χ0n) is 14.0. The molecule has 6 heteroatoms. The van der Waals surface area contributed by atoms with Crippen LogP contribution in [0.5, 0.6) is 0 Å². The predicted octanol–water partition coefficient (Wildman–Crippen LogP) is 3.38. The van der Waals surface area contributed by atoms with E-state index in [1.54, 1.807) is 12.0 Å². The maximum Gasteiger partial charge on any atom is 0.410 e. The van der Waals surface area contributed by atoms with Gasteiger partial charge in [0, 0.05) is 13.7 Å². The second-order valence-electron chi connectivity index (χ2n) is 7.22. The molecule has 1 amide bonds. The predicted molar refractivity (Wildman–Crippen MR) is 93.5 cm³/mol. The largest absolute Gasteiger partial charge is 0.444 e. The lowest BCUT2D eigenvalue weighted by molar-refractivity contribution is -0.0591. The van der Waals surface area contributed by atoms with Crippen LogP contribution in [0.3, 0.4) is 0 Å². The Morgan fingerprint density at radius 3 is 2.50 bits per heavy atom. The minimum Gasteiger partial charge on any atom is -0.444 e. The van der Waals surface area contributed by atoms with Gasteiger partial charge in [-0.1, -0.05) is 22.6 Å². The van der Waals surface area contributed by atoms with Crippen LogP contribution in [0.1, 0.15) is 46.5 Å². The van der Waals surface area contributed by atoms with Crippen LogP contribution in [0, 0.1) is 0 Å². The van der Waals surface area contributed by atoms with Gasteiger partial charge in [0.15, 0.2) is 0 Å². The lowest BCUT2D eigenvalue weighted by Crippen LogP contribution is -2.37. The normalized spacial score (nSPS) is 33.0. The van der Waals surface area contributed by atoms with Crippen molar-refractivity contribution in [2.75, 3.05) is 20.2 Å². The number of halogens is 1. The van der Waals surface area contributed by atoms with Crippen LogP contribution in [0.15, 0.2) is 0 Å². The Morgan fingerprint density at radius 2 is 1.86 bits per heavy atom. The minimum absolute atomic E-state index is 0.0914. The molecule has 2 rings (SSSR count). The minimum atomic E-state index is -0.453. The van der Waals surface area contributed by atoms with Gasteiger partial charge in [-0.15, -0.1) is 0 Å². The van der Waals surface area contributed by atoms with Crippen molar-refractivity contribution in [3.05, 3.63) is 0 Å². The Kier molecular flexibility index (Phi) is 6.36. The molecule has 2 fully saturated rings. The highest BCUT2D eigenvalue weighted by atomic mass is 127. The lowest BCUT2D eigenvalue weighted by Gasteiger charge is -2.31. The number of hydrogen-bond acceptors (Lipinski definition) is 4. The fourth-order valence-corrected chi connectivity index (χ4v) is 3.90. The fourth-order valence-electron chi connectivity index (χ4n) is 3.03. The number of methoxy groups -OCH3 is 1. The van der Waals surface area contributed by atoms with Crippen molar-refractivity contribution >= 4 is 28.7 Å². The molecule has 0 aromatic carbocycles. The van der Waals surface area contributed by atoms with E-state index in [2.05, 4.69) is 22.6 Å². The second-order valence-corrected chi connectivity index (χ2v) is 8.82. The first-order valence-corrected chi connectivity index (χ1v) is 9.33. The number of ether oxygens (including phenoxy) is 3. The van der Waals surface area contributed by atoms with Gasteiger partial charge in [0.2, 0.25) is 0 Å². The van der Waals surface area contributed by atoms with Crippen molar-refractivity contribution in [3.8, 4) is 0 Å². The van der Waals surface area contributed by atoms with Gasteiger partial charge in [0.05, 0.1) is 28.8 Å². The molecule has 1 saturated heterocycles. The van der Waals surface area contributed by atoms with Crippen molar-refractivity contribution < 1.29 is 19.0 Å². The maximum atomic E-state index is 12.2. The van der Waals surface area contributed by atoms with Crippen LogP contribution in [-0.2, 0) is 14.2 Å². The molecule has 0 radical (unpaired) electrons. The van der Waals surface area contributed by atoms with Crippen LogP contribution >= 0.6 is 22.6 Å². The Morgan fingerprint density at radius 1 is 1.18 bits per heavy atom. The van der Waals surface area contributed by atoms with Crippen LogP contribution in [-0.4, -0.2) is 59.0 Å². The quantitative estimate of drug-likeness (QED) is 0.514. The van der Waals surface area contributed by atoms with Gasteiger partial charge in [-0.25, -0.2) is 4.79 Å². The number of rotatable bonds is 3. The smallest absolute Gasteiger partial charge is 0.410 e. The van der Waals surface area contributed by atoms with Crippen molar-refractivity contribution in [1.82, 2.24) is 4.90 Å². The third-order valence-corrected chi connectivity index (χ3v) is 5.32. The topological polar surface area (TPSA) is 48.0 Å². The summed E-state index contributed by atoms with van der Waals surface area (Å²) in [5.74, 6) is 0. The first-order valence-electron chi connectivity index (χ1n) is 8.08. The average molecular weight is 425 g/mol. The monoisotopic (exact) mass is 425 g/mol. The highest BCUT2D eigenvalue weighted by Gasteiger charge is 2.38. The van der Waals surface area contributed by atoms with E-state index in [4.69, 9.17) is 14.2 Å². The zero-order chi connectivity index (χ0) is 16.3. The van der Waals surface area contributed by atoms with Gasteiger partial charge in [-0.05, 0) is 46.5 Å². The Bertz CT molecular complexity index is 385. The van der Waals surface area contributed by atoms with Gasteiger partial charge in [-0.3, -0.25) is 0 Å². The van der Waals surface area contributed by atoms with Crippen LogP contribution in [0.4, 0.5) is 4.79 Å². The Balaban J connectivity index is 1.84. The summed E-state index contributed by atoms with van der Waals surface area (Å²) >= 11 is 2.38. The molecule has 22 heavy (non-hydrogen) atoms. The SMILES string of the molecule is COC1CCCC(OC2CN(C(=O)OC(C)(C)C)CC2I)C1. The molecule has 0 aromatic heterocycles. The first kappa shape index (κ1) is 18.3. The number of hydrogen-bond donors (Lipinski definition) is 0. The molecule has 128 valence electrons. The lowest BCUT2D eigenvalue weighted by atomic mass is 9.95. The van der Waals surface area contributed by atoms with Crippen molar-refractivity contribution in [3.63, 3.8) is 0 Å². The van der Waals surface area contributed by atoms with Gasteiger partial charge in [0.1, 0.15) is 5.60 Å². The molecule has 0 N–H and O–H groups in total. The van der Waals surface area contributed by atoms with E-state index in [0.29, 0.717) is 23.1 Å². The summed E-state index contributed by atoms with van der Waals surface area (Å²) in [6.07, 6.45) is 4.74. The van der Waals surface area contributed by atoms with E-state index in [-0.39, 0.29) is 18.3 Å². The highest BCUT2D eigenvalue weighted by Crippen LogP contribution is 2.29. The standard InChI is InChI=1S/C16H28INO4/c1-16(2,3)22-15(19)18-9-13(17)14(10-18)21-12-7-5-6-11(8-12)20-4/h11-14H,5-10H2,1-4H3. The number of carbonyl (C=O) groups is 1. The van der Waals surface area contributed by atoms with Gasteiger partial charge < -0.3 is 19.1 Å². The van der Waals surface area contributed by atoms with Gasteiger partial charge in [0.25, 0.3) is 0 Å². The van der Waals surface area contributed by atoms with E-state index in [0.717, 1.165) is 25.7 Å². The summed E-state index contributed by atoms with van der Waals surface area (Å²) in [5, 5.41) is 0. The summed E-state index contributed by atoms with van der Waals surface area (Å²) in [6, 6.07) is 0. The number of carbonyl (C=O) groups excluding carboxylic acids is 1. The Labute approximate surface area is 147 Å². The van der Waals surface area contributed by atoms with E-state index < -0.39 is 5.60 Å². The molecular weight excluding hydrogens is 397 g/mol. The molecular formula is C16H28INO4. The van der Waals surface area contributed by atoms with E-state index >= 15 is 0 Å². The van der Waals surface area contributed by atoms with Crippen LogP contribution in [0.25, 0.3) is 0 Å². The number of likely N-dealkylation sites (tertiary alicyclic amines) is 1. The molecule has 2 aliphatic rings. The molecule has 0 spiro atoms. The van der Waals surface area contributed by atoms with E-state index in [1.165, 1.54) is 0 Å². The second kappa shape index (κ2) is 7.66. The molecule has 1 saturated carbocycles. The van der Waals surface area contributed by atoms with Crippen molar-refractivity contribution in [2.45, 2.75) is 74.3 Å². The summed E-state index contributed by atoms with van der Waals surface area (Å²) < 4.78 is 17.5. The summed E-state index contributed by atoms with van der Waals surface area (Å²) in [4.78, 5) is 13.9. The average Bonchev–Trinajstić information content (AvgIpc) is 2.79. The maximum absolute atomic E-state index is 12.2. The molecule has 1 aliphatic carbocycles.